The molecule has 0 aromatic heterocycles. The molecule has 1 rings (SSSR count). The third-order valence-corrected chi connectivity index (χ3v) is 2.53. The van der Waals surface area contributed by atoms with Crippen LogP contribution in [-0.2, 0) is 16.0 Å². The van der Waals surface area contributed by atoms with Gasteiger partial charge in [0.2, 0.25) is 5.91 Å². The summed E-state index contributed by atoms with van der Waals surface area (Å²) in [5, 5.41) is 8.90. The number of halogens is 4. The standard InChI is InChI=1S/C12H11ClF3NO3/c13-9-3-1-2-8(4-9)5-10(18)17(6-11(19)20)7-12(14,15)16/h1-4H,5-7H2,(H,19,20). The second kappa shape index (κ2) is 6.60. The molecule has 0 aliphatic rings. The highest BCUT2D eigenvalue weighted by Gasteiger charge is 2.33. The minimum atomic E-state index is -4.65. The van der Waals surface area contributed by atoms with E-state index in [1.807, 2.05) is 0 Å². The average molecular weight is 310 g/mol. The molecule has 0 aliphatic heterocycles. The van der Waals surface area contributed by atoms with Crippen molar-refractivity contribution in [2.24, 2.45) is 0 Å². The summed E-state index contributed by atoms with van der Waals surface area (Å²) in [6, 6.07) is 6.07. The predicted octanol–water partition coefficient (Wildman–Crippen LogP) is 2.36. The molecule has 1 aromatic rings. The first kappa shape index (κ1) is 16.3. The van der Waals surface area contributed by atoms with Gasteiger partial charge in [0.25, 0.3) is 0 Å². The Morgan fingerprint density at radius 1 is 1.30 bits per heavy atom. The van der Waals surface area contributed by atoms with Crippen LogP contribution in [0.3, 0.4) is 0 Å². The monoisotopic (exact) mass is 309 g/mol. The molecule has 0 fully saturated rings. The first-order chi connectivity index (χ1) is 9.17. The smallest absolute Gasteiger partial charge is 0.406 e. The van der Waals surface area contributed by atoms with Gasteiger partial charge in [-0.3, -0.25) is 9.59 Å². The number of hydrogen-bond acceptors (Lipinski definition) is 2. The van der Waals surface area contributed by atoms with E-state index < -0.39 is 31.1 Å². The van der Waals surface area contributed by atoms with Crippen LogP contribution >= 0.6 is 11.6 Å². The highest BCUT2D eigenvalue weighted by molar-refractivity contribution is 6.30. The van der Waals surface area contributed by atoms with Crippen molar-refractivity contribution in [3.05, 3.63) is 34.9 Å². The van der Waals surface area contributed by atoms with Gasteiger partial charge in [-0.05, 0) is 17.7 Å². The van der Waals surface area contributed by atoms with Crippen molar-refractivity contribution in [3.8, 4) is 0 Å². The molecule has 0 aliphatic carbocycles. The van der Waals surface area contributed by atoms with Crippen molar-refractivity contribution >= 4 is 23.5 Å². The Hall–Kier alpha value is -1.76. The summed E-state index contributed by atoms with van der Waals surface area (Å²) in [5.74, 6) is -2.43. The van der Waals surface area contributed by atoms with Crippen molar-refractivity contribution in [1.29, 1.82) is 0 Å². The van der Waals surface area contributed by atoms with Gasteiger partial charge in [0.15, 0.2) is 0 Å². The van der Waals surface area contributed by atoms with Crippen LogP contribution in [0.5, 0.6) is 0 Å². The maximum Gasteiger partial charge on any atom is 0.406 e. The summed E-state index contributed by atoms with van der Waals surface area (Å²) in [7, 11) is 0. The predicted molar refractivity (Wildman–Crippen MR) is 65.4 cm³/mol. The van der Waals surface area contributed by atoms with Crippen molar-refractivity contribution in [3.63, 3.8) is 0 Å². The highest BCUT2D eigenvalue weighted by atomic mass is 35.5. The molecular formula is C12H11ClF3NO3. The van der Waals surface area contributed by atoms with E-state index in [-0.39, 0.29) is 11.3 Å². The molecule has 0 atom stereocenters. The SMILES string of the molecule is O=C(O)CN(CC(F)(F)F)C(=O)Cc1cccc(Cl)c1. The zero-order valence-corrected chi connectivity index (χ0v) is 10.9. The van der Waals surface area contributed by atoms with Crippen molar-refractivity contribution < 1.29 is 27.9 Å². The molecular weight excluding hydrogens is 299 g/mol. The Labute approximate surface area is 117 Å². The lowest BCUT2D eigenvalue weighted by Crippen LogP contribution is -2.42. The Morgan fingerprint density at radius 2 is 1.95 bits per heavy atom. The number of rotatable bonds is 5. The first-order valence-electron chi connectivity index (χ1n) is 5.48. The lowest BCUT2D eigenvalue weighted by molar-refractivity contribution is -0.165. The lowest BCUT2D eigenvalue weighted by atomic mass is 10.1. The van der Waals surface area contributed by atoms with E-state index >= 15 is 0 Å². The lowest BCUT2D eigenvalue weighted by Gasteiger charge is -2.22. The van der Waals surface area contributed by atoms with Gasteiger partial charge in [0.1, 0.15) is 13.1 Å². The number of carboxylic acids is 1. The van der Waals surface area contributed by atoms with Gasteiger partial charge in [-0.1, -0.05) is 23.7 Å². The number of carbonyl (C=O) groups is 2. The number of alkyl halides is 3. The Bertz CT molecular complexity index is 505. The van der Waals surface area contributed by atoms with Crippen LogP contribution in [0.15, 0.2) is 24.3 Å². The summed E-state index contributed by atoms with van der Waals surface area (Å²) in [6.45, 7) is -2.60. The van der Waals surface area contributed by atoms with Gasteiger partial charge in [0, 0.05) is 5.02 Å². The van der Waals surface area contributed by atoms with E-state index in [0.717, 1.165) is 0 Å². The van der Waals surface area contributed by atoms with Crippen LogP contribution in [0.25, 0.3) is 0 Å². The zero-order chi connectivity index (χ0) is 15.3. The molecule has 1 N–H and O–H groups in total. The molecule has 8 heteroatoms. The van der Waals surface area contributed by atoms with Crippen molar-refractivity contribution in [2.75, 3.05) is 13.1 Å². The average Bonchev–Trinajstić information content (AvgIpc) is 2.25. The minimum absolute atomic E-state index is 0.253. The van der Waals surface area contributed by atoms with Gasteiger partial charge >= 0.3 is 12.1 Å². The normalized spacial score (nSPS) is 11.2. The van der Waals surface area contributed by atoms with Crippen molar-refractivity contribution in [1.82, 2.24) is 4.90 Å². The van der Waals surface area contributed by atoms with E-state index in [1.54, 1.807) is 12.1 Å². The second-order valence-electron chi connectivity index (χ2n) is 4.07. The van der Waals surface area contributed by atoms with Gasteiger partial charge in [-0.25, -0.2) is 0 Å². The highest BCUT2D eigenvalue weighted by Crippen LogP contribution is 2.18. The van der Waals surface area contributed by atoms with E-state index in [9.17, 15) is 22.8 Å². The molecule has 20 heavy (non-hydrogen) atoms. The fourth-order valence-corrected chi connectivity index (χ4v) is 1.76. The molecule has 0 saturated carbocycles. The quantitative estimate of drug-likeness (QED) is 0.908. The summed E-state index contributed by atoms with van der Waals surface area (Å²) >= 11 is 5.70. The number of nitrogens with zero attached hydrogens (tertiary/aromatic N) is 1. The molecule has 0 saturated heterocycles. The number of amides is 1. The molecule has 4 nitrogen and oxygen atoms in total. The zero-order valence-electron chi connectivity index (χ0n) is 10.2. The third-order valence-electron chi connectivity index (χ3n) is 2.29. The maximum absolute atomic E-state index is 12.3. The maximum atomic E-state index is 12.3. The first-order valence-corrected chi connectivity index (χ1v) is 5.86. The fraction of sp³-hybridized carbons (Fsp3) is 0.333. The molecule has 1 amide bonds. The summed E-state index contributed by atoms with van der Waals surface area (Å²) in [6.07, 6.45) is -5.00. The number of aliphatic carboxylic acids is 1. The van der Waals surface area contributed by atoms with E-state index in [1.165, 1.54) is 12.1 Å². The summed E-state index contributed by atoms with van der Waals surface area (Å²) in [5.41, 5.74) is 0.417. The minimum Gasteiger partial charge on any atom is -0.480 e. The Kier molecular flexibility index (Phi) is 5.38. The molecule has 0 unspecified atom stereocenters. The molecule has 0 heterocycles. The van der Waals surface area contributed by atoms with Gasteiger partial charge < -0.3 is 10.0 Å². The van der Waals surface area contributed by atoms with E-state index in [4.69, 9.17) is 16.7 Å². The van der Waals surface area contributed by atoms with Crippen LogP contribution in [0, 0.1) is 0 Å². The molecule has 110 valence electrons. The summed E-state index contributed by atoms with van der Waals surface area (Å²) < 4.78 is 36.9. The second-order valence-corrected chi connectivity index (χ2v) is 4.50. The van der Waals surface area contributed by atoms with Crippen LogP contribution in [0.1, 0.15) is 5.56 Å². The van der Waals surface area contributed by atoms with Crippen LogP contribution in [-0.4, -0.2) is 41.1 Å². The molecule has 1 aromatic carbocycles. The topological polar surface area (TPSA) is 57.6 Å². The van der Waals surface area contributed by atoms with Crippen LogP contribution in [0.2, 0.25) is 5.02 Å². The van der Waals surface area contributed by atoms with Crippen LogP contribution < -0.4 is 0 Å². The Morgan fingerprint density at radius 3 is 2.45 bits per heavy atom. The van der Waals surface area contributed by atoms with Crippen molar-refractivity contribution in [2.45, 2.75) is 12.6 Å². The summed E-state index contributed by atoms with van der Waals surface area (Å²) in [4.78, 5) is 22.5. The third kappa shape index (κ3) is 5.92. The Balaban J connectivity index is 2.79. The van der Waals surface area contributed by atoms with Gasteiger partial charge in [-0.2, -0.15) is 13.2 Å². The van der Waals surface area contributed by atoms with E-state index in [0.29, 0.717) is 10.6 Å². The molecule has 0 bridgehead atoms. The van der Waals surface area contributed by atoms with Crippen LogP contribution in [0.4, 0.5) is 13.2 Å². The number of carbonyl (C=O) groups excluding carboxylic acids is 1. The molecule has 0 radical (unpaired) electrons. The number of carboxylic acid groups (broad SMARTS) is 1. The van der Waals surface area contributed by atoms with Gasteiger partial charge in [0.05, 0.1) is 6.42 Å². The largest absolute Gasteiger partial charge is 0.480 e. The number of hydrogen-bond donors (Lipinski definition) is 1. The number of benzene rings is 1. The van der Waals surface area contributed by atoms with Gasteiger partial charge in [-0.15, -0.1) is 0 Å². The fourth-order valence-electron chi connectivity index (χ4n) is 1.55. The molecule has 0 spiro atoms. The van der Waals surface area contributed by atoms with E-state index in [2.05, 4.69) is 0 Å².